The van der Waals surface area contributed by atoms with Gasteiger partial charge in [-0.25, -0.2) is 9.78 Å². The van der Waals surface area contributed by atoms with Gasteiger partial charge >= 0.3 is 5.69 Å². The van der Waals surface area contributed by atoms with Gasteiger partial charge in [0.25, 0.3) is 5.91 Å². The molecule has 0 fully saturated rings. The van der Waals surface area contributed by atoms with E-state index in [2.05, 4.69) is 27.2 Å². The van der Waals surface area contributed by atoms with E-state index in [1.54, 1.807) is 6.07 Å². The van der Waals surface area contributed by atoms with Gasteiger partial charge in [-0.05, 0) is 42.7 Å². The smallest absolute Gasteiger partial charge is 0.322 e. The summed E-state index contributed by atoms with van der Waals surface area (Å²) >= 11 is 0. The van der Waals surface area contributed by atoms with Crippen molar-refractivity contribution < 1.29 is 4.79 Å². The number of benzene rings is 1. The van der Waals surface area contributed by atoms with Gasteiger partial charge in [0.1, 0.15) is 0 Å². The van der Waals surface area contributed by atoms with Crippen molar-refractivity contribution in [3.63, 3.8) is 0 Å². The maximum Gasteiger partial charge on any atom is 0.325 e. The van der Waals surface area contributed by atoms with Gasteiger partial charge in [-0.1, -0.05) is 13.0 Å². The van der Waals surface area contributed by atoms with Gasteiger partial charge in [-0.2, -0.15) is 0 Å². The molecule has 0 unspecified atom stereocenters. The van der Waals surface area contributed by atoms with Crippen LogP contribution in [0.15, 0.2) is 35.3 Å². The van der Waals surface area contributed by atoms with E-state index in [0.717, 1.165) is 12.1 Å². The number of nitrogens with zero attached hydrogens (tertiary/aromatic N) is 1. The predicted octanol–water partition coefficient (Wildman–Crippen LogP) is 2.37. The third-order valence-electron chi connectivity index (χ3n) is 3.62. The Morgan fingerprint density at radius 3 is 2.86 bits per heavy atom. The van der Waals surface area contributed by atoms with E-state index in [-0.39, 0.29) is 11.6 Å². The Bertz CT molecular complexity index is 908. The number of fused-ring (bicyclic) bond motifs is 1. The molecule has 0 aliphatic rings. The Balaban J connectivity index is 1.87. The summed E-state index contributed by atoms with van der Waals surface area (Å²) in [4.78, 5) is 32.7. The van der Waals surface area contributed by atoms with Crippen LogP contribution in [0.25, 0.3) is 11.2 Å². The van der Waals surface area contributed by atoms with Gasteiger partial charge in [0, 0.05) is 11.9 Å². The number of hydrogen-bond donors (Lipinski definition) is 3. The molecule has 0 radical (unpaired) electrons. The number of aromatic amines is 2. The zero-order valence-corrected chi connectivity index (χ0v) is 12.4. The van der Waals surface area contributed by atoms with E-state index >= 15 is 0 Å². The van der Waals surface area contributed by atoms with Gasteiger partial charge in [0.05, 0.1) is 11.1 Å². The Kier molecular flexibility index (Phi) is 3.50. The fourth-order valence-electron chi connectivity index (χ4n) is 2.38. The van der Waals surface area contributed by atoms with E-state index in [4.69, 9.17) is 0 Å². The lowest BCUT2D eigenvalue weighted by molar-refractivity contribution is 0.102. The second-order valence-corrected chi connectivity index (χ2v) is 5.15. The first-order valence-electron chi connectivity index (χ1n) is 7.05. The number of carbonyl (C=O) groups is 1. The first kappa shape index (κ1) is 14.1. The van der Waals surface area contributed by atoms with E-state index in [1.165, 1.54) is 17.3 Å². The molecule has 112 valence electrons. The van der Waals surface area contributed by atoms with Crippen molar-refractivity contribution in [1.82, 2.24) is 15.0 Å². The number of anilines is 1. The van der Waals surface area contributed by atoms with Crippen LogP contribution < -0.4 is 11.0 Å². The number of aryl methyl sites for hydroxylation is 2. The molecular formula is C16H16N4O2. The van der Waals surface area contributed by atoms with Crippen LogP contribution in [0.3, 0.4) is 0 Å². The van der Waals surface area contributed by atoms with Crippen molar-refractivity contribution >= 4 is 22.8 Å². The minimum atomic E-state index is -0.341. The standard InChI is InChI=1S/C16H16N4O2/c1-3-10-6-12(5-4-9(10)2)18-15(21)11-7-13-14(17-8-11)20-16(22)19-13/h4-8H,3H2,1-2H3,(H,18,21)(H2,17,19,20,22). The summed E-state index contributed by atoms with van der Waals surface area (Å²) in [7, 11) is 0. The zero-order chi connectivity index (χ0) is 15.7. The van der Waals surface area contributed by atoms with Crippen LogP contribution in [-0.4, -0.2) is 20.9 Å². The van der Waals surface area contributed by atoms with Crippen LogP contribution in [0.4, 0.5) is 5.69 Å². The fourth-order valence-corrected chi connectivity index (χ4v) is 2.38. The van der Waals surface area contributed by atoms with Crippen LogP contribution in [0.5, 0.6) is 0 Å². The highest BCUT2D eigenvalue weighted by atomic mass is 16.2. The van der Waals surface area contributed by atoms with Crippen LogP contribution in [0.1, 0.15) is 28.4 Å². The van der Waals surface area contributed by atoms with Crippen molar-refractivity contribution in [3.8, 4) is 0 Å². The second-order valence-electron chi connectivity index (χ2n) is 5.15. The molecule has 3 rings (SSSR count). The predicted molar refractivity (Wildman–Crippen MR) is 85.2 cm³/mol. The van der Waals surface area contributed by atoms with Crippen molar-refractivity contribution in [2.75, 3.05) is 5.32 Å². The lowest BCUT2D eigenvalue weighted by atomic mass is 10.1. The van der Waals surface area contributed by atoms with Crippen LogP contribution >= 0.6 is 0 Å². The molecule has 1 aromatic carbocycles. The highest BCUT2D eigenvalue weighted by molar-refractivity contribution is 6.05. The van der Waals surface area contributed by atoms with Gasteiger partial charge in [-0.3, -0.25) is 9.78 Å². The Labute approximate surface area is 126 Å². The van der Waals surface area contributed by atoms with Crippen molar-refractivity contribution in [2.24, 2.45) is 0 Å². The molecule has 0 saturated heterocycles. The summed E-state index contributed by atoms with van der Waals surface area (Å²) in [5, 5.41) is 2.85. The monoisotopic (exact) mass is 296 g/mol. The largest absolute Gasteiger partial charge is 0.325 e. The number of H-pyrrole nitrogens is 2. The van der Waals surface area contributed by atoms with Gasteiger partial charge in [0.2, 0.25) is 0 Å². The Morgan fingerprint density at radius 1 is 1.27 bits per heavy atom. The molecule has 6 heteroatoms. The van der Waals surface area contributed by atoms with Gasteiger partial charge < -0.3 is 10.3 Å². The molecule has 0 bridgehead atoms. The lowest BCUT2D eigenvalue weighted by Gasteiger charge is -2.09. The topological polar surface area (TPSA) is 90.6 Å². The molecule has 3 N–H and O–H groups in total. The van der Waals surface area contributed by atoms with Crippen LogP contribution in [-0.2, 0) is 6.42 Å². The number of aromatic nitrogens is 3. The maximum absolute atomic E-state index is 12.3. The maximum atomic E-state index is 12.3. The SMILES string of the molecule is CCc1cc(NC(=O)c2cnc3[nH]c(=O)[nH]c3c2)ccc1C. The molecule has 0 saturated carbocycles. The fraction of sp³-hybridized carbons (Fsp3) is 0.188. The Hall–Kier alpha value is -2.89. The molecule has 22 heavy (non-hydrogen) atoms. The van der Waals surface area contributed by atoms with Crippen LogP contribution in [0.2, 0.25) is 0 Å². The van der Waals surface area contributed by atoms with Gasteiger partial charge in [0.15, 0.2) is 5.65 Å². The molecule has 0 aliphatic carbocycles. The summed E-state index contributed by atoms with van der Waals surface area (Å²) in [5.41, 5.74) is 4.14. The van der Waals surface area contributed by atoms with Crippen LogP contribution in [0, 0.1) is 6.92 Å². The number of imidazole rings is 1. The third-order valence-corrected chi connectivity index (χ3v) is 3.62. The molecule has 2 heterocycles. The summed E-state index contributed by atoms with van der Waals surface area (Å²) in [6.07, 6.45) is 2.35. The van der Waals surface area contributed by atoms with Crippen molar-refractivity contribution in [2.45, 2.75) is 20.3 Å². The number of amides is 1. The van der Waals surface area contributed by atoms with E-state index in [1.807, 2.05) is 25.1 Å². The summed E-state index contributed by atoms with van der Waals surface area (Å²) < 4.78 is 0. The average molecular weight is 296 g/mol. The molecule has 0 spiro atoms. The van der Waals surface area contributed by atoms with E-state index < -0.39 is 0 Å². The number of pyridine rings is 1. The number of rotatable bonds is 3. The summed E-state index contributed by atoms with van der Waals surface area (Å²) in [5.74, 6) is -0.262. The highest BCUT2D eigenvalue weighted by Gasteiger charge is 2.10. The summed E-state index contributed by atoms with van der Waals surface area (Å²) in [6.45, 7) is 4.12. The minimum absolute atomic E-state index is 0.262. The first-order chi connectivity index (χ1) is 10.6. The van der Waals surface area contributed by atoms with Crippen molar-refractivity contribution in [1.29, 1.82) is 0 Å². The summed E-state index contributed by atoms with van der Waals surface area (Å²) in [6, 6.07) is 7.43. The molecule has 3 aromatic rings. The highest BCUT2D eigenvalue weighted by Crippen LogP contribution is 2.17. The third kappa shape index (κ3) is 2.63. The van der Waals surface area contributed by atoms with Gasteiger partial charge in [-0.15, -0.1) is 0 Å². The molecule has 6 nitrogen and oxygen atoms in total. The van der Waals surface area contributed by atoms with Crippen molar-refractivity contribution in [3.05, 3.63) is 57.6 Å². The molecule has 1 amide bonds. The number of carbonyl (C=O) groups excluding carboxylic acids is 1. The molecule has 2 aromatic heterocycles. The quantitative estimate of drug-likeness (QED) is 0.693. The molecular weight excluding hydrogens is 280 g/mol. The first-order valence-corrected chi connectivity index (χ1v) is 7.05. The number of nitrogens with one attached hydrogen (secondary N) is 3. The zero-order valence-electron chi connectivity index (χ0n) is 12.4. The molecule has 0 aliphatic heterocycles. The Morgan fingerprint density at radius 2 is 2.09 bits per heavy atom. The van der Waals surface area contributed by atoms with E-state index in [9.17, 15) is 9.59 Å². The molecule has 0 atom stereocenters. The second kappa shape index (κ2) is 5.48. The normalized spacial score (nSPS) is 10.8. The number of hydrogen-bond acceptors (Lipinski definition) is 3. The minimum Gasteiger partial charge on any atom is -0.322 e. The van der Waals surface area contributed by atoms with E-state index in [0.29, 0.717) is 16.7 Å². The average Bonchev–Trinajstić information content (AvgIpc) is 2.88. The lowest BCUT2D eigenvalue weighted by Crippen LogP contribution is -2.12.